The van der Waals surface area contributed by atoms with Gasteiger partial charge in [-0.05, 0) is 44.0 Å². The number of anilines is 2. The summed E-state index contributed by atoms with van der Waals surface area (Å²) in [5, 5.41) is 12.5. The molecule has 2 fully saturated rings. The first kappa shape index (κ1) is 21.5. The maximum atomic E-state index is 13.8. The van der Waals surface area contributed by atoms with Gasteiger partial charge >= 0.3 is 0 Å². The van der Waals surface area contributed by atoms with Crippen molar-refractivity contribution in [2.24, 2.45) is 0 Å². The Kier molecular flexibility index (Phi) is 5.81. The predicted octanol–water partition coefficient (Wildman–Crippen LogP) is 3.85. The van der Waals surface area contributed by atoms with Gasteiger partial charge in [-0.2, -0.15) is 0 Å². The highest BCUT2D eigenvalue weighted by Gasteiger charge is 2.44. The van der Waals surface area contributed by atoms with Gasteiger partial charge in [0.15, 0.2) is 5.78 Å². The first-order valence-corrected chi connectivity index (χ1v) is 11.5. The summed E-state index contributed by atoms with van der Waals surface area (Å²) in [5.74, 6) is 1.51. The topological polar surface area (TPSA) is 77.9 Å². The highest BCUT2D eigenvalue weighted by atomic mass is 16.5. The number of rotatable bonds is 6. The molecule has 3 aliphatic rings. The average molecular weight is 447 g/mol. The number of Topliss-reactive ketones (excluding diaryl/α,β-unsaturated/α-hetero) is 1. The minimum Gasteiger partial charge on any atom is -0.497 e. The number of carbonyl (C=O) groups excluding carboxylic acids is 1. The van der Waals surface area contributed by atoms with Crippen LogP contribution in [0.4, 0.5) is 11.4 Å². The smallest absolute Gasteiger partial charge is 0.191 e. The standard InChI is InChI=1S/C26H30N4O3/c1-32-19-14-18(15-20(16-19)33-2)30-23(9-12-29-10-5-6-11-29)25(31)24(26(30)27)22-13-17-7-3-4-8-21(17)28-22/h3-4,7-8,14-16,23,27-28H,5-6,9-13H2,1-2H3. The van der Waals surface area contributed by atoms with Gasteiger partial charge in [0.05, 0.1) is 25.5 Å². The molecule has 3 aliphatic heterocycles. The predicted molar refractivity (Wildman–Crippen MR) is 130 cm³/mol. The second-order valence-electron chi connectivity index (χ2n) is 8.82. The fourth-order valence-electron chi connectivity index (χ4n) is 5.12. The maximum Gasteiger partial charge on any atom is 0.191 e. The Hall–Kier alpha value is -3.32. The van der Waals surface area contributed by atoms with Gasteiger partial charge in [0, 0.05) is 42.5 Å². The second-order valence-corrected chi connectivity index (χ2v) is 8.82. The Morgan fingerprint density at radius 2 is 1.76 bits per heavy atom. The molecule has 1 unspecified atom stereocenters. The molecule has 0 bridgehead atoms. The van der Waals surface area contributed by atoms with E-state index in [1.807, 2.05) is 35.2 Å². The van der Waals surface area contributed by atoms with Crippen LogP contribution in [-0.4, -0.2) is 56.4 Å². The molecule has 0 aromatic heterocycles. The lowest BCUT2D eigenvalue weighted by molar-refractivity contribution is -0.115. The Morgan fingerprint density at radius 3 is 2.42 bits per heavy atom. The number of methoxy groups -OCH3 is 2. The maximum absolute atomic E-state index is 13.8. The number of ether oxygens (including phenoxy) is 2. The molecule has 0 radical (unpaired) electrons. The zero-order valence-corrected chi connectivity index (χ0v) is 19.2. The molecule has 7 nitrogen and oxygen atoms in total. The van der Waals surface area contributed by atoms with E-state index in [-0.39, 0.29) is 11.6 Å². The van der Waals surface area contributed by atoms with E-state index in [4.69, 9.17) is 14.9 Å². The van der Waals surface area contributed by atoms with Crippen LogP contribution in [0.3, 0.4) is 0 Å². The Bertz CT molecular complexity index is 1070. The zero-order chi connectivity index (χ0) is 22.9. The molecule has 33 heavy (non-hydrogen) atoms. The Labute approximate surface area is 194 Å². The van der Waals surface area contributed by atoms with Gasteiger partial charge in [-0.3, -0.25) is 10.2 Å². The van der Waals surface area contributed by atoms with E-state index in [0.717, 1.165) is 42.3 Å². The van der Waals surface area contributed by atoms with Gasteiger partial charge in [0.1, 0.15) is 23.4 Å². The van der Waals surface area contributed by atoms with Gasteiger partial charge in [-0.1, -0.05) is 18.2 Å². The van der Waals surface area contributed by atoms with Gasteiger partial charge in [-0.25, -0.2) is 0 Å². The Morgan fingerprint density at radius 1 is 1.06 bits per heavy atom. The third-order valence-corrected chi connectivity index (χ3v) is 6.84. The van der Waals surface area contributed by atoms with E-state index in [2.05, 4.69) is 16.3 Å². The molecule has 172 valence electrons. The van der Waals surface area contributed by atoms with E-state index >= 15 is 0 Å². The van der Waals surface area contributed by atoms with Crippen LogP contribution in [0.15, 0.2) is 53.7 Å². The van der Waals surface area contributed by atoms with Crippen LogP contribution in [-0.2, 0) is 11.2 Å². The van der Waals surface area contributed by atoms with Crippen LogP contribution < -0.4 is 19.7 Å². The van der Waals surface area contributed by atoms with E-state index in [1.165, 1.54) is 12.8 Å². The van der Waals surface area contributed by atoms with E-state index in [1.54, 1.807) is 20.3 Å². The SMILES string of the molecule is COc1cc(OC)cc(N2C(=N)C(=C3Cc4ccccc4N3)C(=O)C2CCN2CCCC2)c1. The van der Waals surface area contributed by atoms with Crippen molar-refractivity contribution in [3.63, 3.8) is 0 Å². The van der Waals surface area contributed by atoms with Crippen molar-refractivity contribution in [1.82, 2.24) is 4.90 Å². The summed E-state index contributed by atoms with van der Waals surface area (Å²) in [6.45, 7) is 3.00. The molecular formula is C26H30N4O3. The van der Waals surface area contributed by atoms with Crippen molar-refractivity contribution in [3.05, 3.63) is 59.3 Å². The van der Waals surface area contributed by atoms with Crippen molar-refractivity contribution in [2.75, 3.05) is 44.1 Å². The van der Waals surface area contributed by atoms with Crippen LogP contribution in [0.25, 0.3) is 0 Å². The Balaban J connectivity index is 1.53. The van der Waals surface area contributed by atoms with Crippen LogP contribution in [0, 0.1) is 5.41 Å². The number of amidine groups is 1. The highest BCUT2D eigenvalue weighted by molar-refractivity contribution is 6.35. The molecular weight excluding hydrogens is 416 g/mol. The van der Waals surface area contributed by atoms with Crippen molar-refractivity contribution in [2.45, 2.75) is 31.7 Å². The minimum absolute atomic E-state index is 0.0105. The molecule has 7 heteroatoms. The summed E-state index contributed by atoms with van der Waals surface area (Å²) in [5.41, 5.74) is 4.20. The van der Waals surface area contributed by atoms with E-state index in [0.29, 0.717) is 29.9 Å². The third kappa shape index (κ3) is 3.97. The van der Waals surface area contributed by atoms with Crippen molar-refractivity contribution < 1.29 is 14.3 Å². The molecule has 5 rings (SSSR count). The number of hydrogen-bond donors (Lipinski definition) is 2. The molecule has 2 aromatic rings. The lowest BCUT2D eigenvalue weighted by Crippen LogP contribution is -2.38. The number of fused-ring (bicyclic) bond motifs is 1. The van der Waals surface area contributed by atoms with Crippen molar-refractivity contribution >= 4 is 23.0 Å². The number of likely N-dealkylation sites (tertiary alicyclic amines) is 1. The second kappa shape index (κ2) is 8.90. The monoisotopic (exact) mass is 446 g/mol. The lowest BCUT2D eigenvalue weighted by Gasteiger charge is -2.27. The number of para-hydroxylation sites is 1. The molecule has 2 N–H and O–H groups in total. The van der Waals surface area contributed by atoms with Crippen LogP contribution in [0.1, 0.15) is 24.8 Å². The number of benzene rings is 2. The van der Waals surface area contributed by atoms with Crippen molar-refractivity contribution in [1.29, 1.82) is 5.41 Å². The number of allylic oxidation sites excluding steroid dienone is 1. The molecule has 0 aliphatic carbocycles. The third-order valence-electron chi connectivity index (χ3n) is 6.84. The number of hydrogen-bond acceptors (Lipinski definition) is 6. The summed E-state index contributed by atoms with van der Waals surface area (Å²) in [6, 6.07) is 13.2. The molecule has 1 atom stereocenters. The van der Waals surface area contributed by atoms with E-state index < -0.39 is 6.04 Å². The summed E-state index contributed by atoms with van der Waals surface area (Å²) >= 11 is 0. The quantitative estimate of drug-likeness (QED) is 0.657. The molecule has 0 saturated carbocycles. The van der Waals surface area contributed by atoms with Gasteiger partial charge in [0.2, 0.25) is 0 Å². The van der Waals surface area contributed by atoms with E-state index in [9.17, 15) is 4.79 Å². The number of ketones is 1. The minimum atomic E-state index is -0.428. The number of carbonyl (C=O) groups is 1. The largest absolute Gasteiger partial charge is 0.497 e. The summed E-state index contributed by atoms with van der Waals surface area (Å²) in [7, 11) is 3.22. The fourth-order valence-corrected chi connectivity index (χ4v) is 5.12. The van der Waals surface area contributed by atoms with Gasteiger partial charge in [0.25, 0.3) is 0 Å². The zero-order valence-electron chi connectivity index (χ0n) is 19.2. The van der Waals surface area contributed by atoms with Gasteiger partial charge < -0.3 is 24.6 Å². The molecule has 3 heterocycles. The summed E-state index contributed by atoms with van der Waals surface area (Å²) in [6.07, 6.45) is 3.73. The van der Waals surface area contributed by atoms with Gasteiger partial charge in [-0.15, -0.1) is 0 Å². The lowest BCUT2D eigenvalue weighted by atomic mass is 10.0. The summed E-state index contributed by atoms with van der Waals surface area (Å²) in [4.78, 5) is 18.1. The van der Waals surface area contributed by atoms with Crippen LogP contribution in [0.5, 0.6) is 11.5 Å². The molecule has 0 spiro atoms. The van der Waals surface area contributed by atoms with Crippen molar-refractivity contribution in [3.8, 4) is 11.5 Å². The molecule has 0 amide bonds. The molecule has 2 saturated heterocycles. The average Bonchev–Trinajstić information content (AvgIpc) is 3.55. The number of nitrogens with one attached hydrogen (secondary N) is 2. The first-order valence-electron chi connectivity index (χ1n) is 11.5. The fraction of sp³-hybridized carbons (Fsp3) is 0.385. The first-order chi connectivity index (χ1) is 16.1. The normalized spacial score (nSPS) is 22.6. The highest BCUT2D eigenvalue weighted by Crippen LogP contribution is 2.38. The molecule has 2 aromatic carbocycles. The summed E-state index contributed by atoms with van der Waals surface area (Å²) < 4.78 is 10.9. The van der Waals surface area contributed by atoms with Crippen LogP contribution >= 0.6 is 0 Å². The van der Waals surface area contributed by atoms with Crippen LogP contribution in [0.2, 0.25) is 0 Å². The number of nitrogens with zero attached hydrogens (tertiary/aromatic N) is 2.